The van der Waals surface area contributed by atoms with Crippen LogP contribution in [0.4, 0.5) is 32.6 Å². The Bertz CT molecular complexity index is 3600. The zero-order valence-electron chi connectivity index (χ0n) is 46.0. The van der Waals surface area contributed by atoms with Crippen LogP contribution in [0.3, 0.4) is 0 Å². The highest BCUT2D eigenvalue weighted by Crippen LogP contribution is 2.49. The number of carbonyl (C=O) groups is 2. The number of benzene rings is 2. The quantitative estimate of drug-likeness (QED) is 0.0198. The van der Waals surface area contributed by atoms with Gasteiger partial charge in [-0.15, -0.1) is 0 Å². The first-order chi connectivity index (χ1) is 39.0. The van der Waals surface area contributed by atoms with E-state index < -0.39 is 23.1 Å². The molecule has 0 bridgehead atoms. The molecule has 0 spiro atoms. The van der Waals surface area contributed by atoms with Gasteiger partial charge in [0.15, 0.2) is 28.8 Å². The van der Waals surface area contributed by atoms with Crippen LogP contribution in [0.5, 0.6) is 5.88 Å². The lowest BCUT2D eigenvalue weighted by Crippen LogP contribution is -2.53. The van der Waals surface area contributed by atoms with Crippen molar-refractivity contribution in [1.82, 2.24) is 34.9 Å². The minimum Gasteiger partial charge on any atom is -0.481 e. The number of aliphatic hydroxyl groups excluding tert-OH is 1. The van der Waals surface area contributed by atoms with Crippen molar-refractivity contribution in [3.63, 3.8) is 0 Å². The molecule has 5 aromatic heterocycles. The highest BCUT2D eigenvalue weighted by atomic mass is 32.2. The maximum Gasteiger partial charge on any atom is 0.324 e. The van der Waals surface area contributed by atoms with Gasteiger partial charge in [-0.3, -0.25) is 19.9 Å². The summed E-state index contributed by atoms with van der Waals surface area (Å²) in [6.07, 6.45) is 12.1. The summed E-state index contributed by atoms with van der Waals surface area (Å²) >= 11 is 2.99. The van der Waals surface area contributed by atoms with Crippen LogP contribution in [-0.4, -0.2) is 116 Å². The number of nitrogens with one attached hydrogen (secondary N) is 5. The fourth-order valence-corrected chi connectivity index (χ4v) is 12.0. The lowest BCUT2D eigenvalue weighted by molar-refractivity contribution is -0.00369. The molecule has 7 aromatic rings. The Morgan fingerprint density at radius 1 is 0.889 bits per heavy atom. The van der Waals surface area contributed by atoms with Gasteiger partial charge in [-0.05, 0) is 93.5 Å². The van der Waals surface area contributed by atoms with Crippen LogP contribution in [0.25, 0.3) is 32.3 Å². The molecule has 0 saturated heterocycles. The minimum absolute atomic E-state index is 0.00519. The highest BCUT2D eigenvalue weighted by molar-refractivity contribution is 8.17. The molecule has 0 unspecified atom stereocenters. The number of pyridine rings is 1. The molecular formula is C58H65N13O8S2. The standard InChI is InChI=1S/C58H65N13O8S2/c1-8-35-27-38-28-41(63-50(38)80-49(35)59-34-76-32-57(19-20-57)60-23-26-75-7)36-9-13-39(14-10-36)61-53(74)66-47-30-45(79-69-47)56(5,6)71(24-25-72)58(21-22-58)33-77-48-18-17-43-51(67-48)81-54-64-42(31-70(43)54)37-11-15-40(16-12-37)62-52(73)65-46-29-44(78-68-46)55(2,3)4/h8-18,28-31,34,38,60,72H,1,19-27,32-33H2,2-7H3,(H2,61,66,69,74)(H2,62,65,68,73)/b59-34+/t38-/m0/s1. The number of fused-ring (bicyclic) bond motifs is 4. The summed E-state index contributed by atoms with van der Waals surface area (Å²) in [6, 6.07) is 21.3. The molecule has 0 radical (unpaired) electrons. The Morgan fingerprint density at radius 3 is 2.20 bits per heavy atom. The SMILES string of the molecule is C=CC1=C(/N=C/OCC2(NCCOC)CC2)SC2=NC(c3ccc(NC(=O)Nc4cc(C(C)(C)N(CCO)C5(COc6ccc7c(n6)sc6nc(-c8ccc(NC(=O)Nc9cc(C(C)(C)C)on9)cc8)cn67)CC5)on4)cc3)=C[C@@H]2C1. The molecule has 4 aliphatic rings. The van der Waals surface area contributed by atoms with E-state index in [1.165, 1.54) is 29.5 Å². The predicted octanol–water partition coefficient (Wildman–Crippen LogP) is 11.0. The molecule has 2 saturated carbocycles. The number of ether oxygens (including phenoxy) is 3. The molecule has 2 aliphatic heterocycles. The number of allylic oxidation sites excluding steroid dienone is 3. The van der Waals surface area contributed by atoms with Crippen LogP contribution in [0.15, 0.2) is 127 Å². The van der Waals surface area contributed by atoms with Crippen molar-refractivity contribution in [2.45, 2.75) is 88.8 Å². The number of nitrogens with zero attached hydrogens (tertiary/aromatic N) is 8. The van der Waals surface area contributed by atoms with E-state index in [4.69, 9.17) is 38.2 Å². The molecular weight excluding hydrogens is 1070 g/mol. The lowest BCUT2D eigenvalue weighted by Gasteiger charge is -2.42. The van der Waals surface area contributed by atoms with Crippen LogP contribution < -0.4 is 31.3 Å². The largest absolute Gasteiger partial charge is 0.481 e. The summed E-state index contributed by atoms with van der Waals surface area (Å²) in [5.41, 5.74) is 5.19. The van der Waals surface area contributed by atoms with Crippen molar-refractivity contribution in [2.24, 2.45) is 15.9 Å². The van der Waals surface area contributed by atoms with E-state index in [0.717, 1.165) is 92.1 Å². The van der Waals surface area contributed by atoms with Crippen molar-refractivity contribution in [3.8, 4) is 17.1 Å². The number of hydrogen-bond donors (Lipinski definition) is 6. The molecule has 2 aromatic carbocycles. The number of imidazole rings is 1. The van der Waals surface area contributed by atoms with Crippen LogP contribution in [0.1, 0.15) is 83.8 Å². The number of rotatable bonds is 23. The van der Waals surface area contributed by atoms with Crippen molar-refractivity contribution >= 4 is 90.6 Å². The van der Waals surface area contributed by atoms with E-state index in [0.29, 0.717) is 61.0 Å². The summed E-state index contributed by atoms with van der Waals surface area (Å²) in [5, 5.41) is 35.0. The molecule has 81 heavy (non-hydrogen) atoms. The third-order valence-electron chi connectivity index (χ3n) is 14.9. The number of thiazole rings is 1. The molecule has 11 rings (SSSR count). The molecule has 7 heterocycles. The number of aliphatic hydroxyl groups is 1. The second-order valence-electron chi connectivity index (χ2n) is 22.2. The van der Waals surface area contributed by atoms with Gasteiger partial charge in [0.25, 0.3) is 0 Å². The van der Waals surface area contributed by atoms with Crippen molar-refractivity contribution in [3.05, 3.63) is 125 Å². The topological polar surface area (TPSA) is 252 Å². The van der Waals surface area contributed by atoms with E-state index in [2.05, 4.69) is 59.4 Å². The van der Waals surface area contributed by atoms with Gasteiger partial charge in [0.05, 0.1) is 51.8 Å². The van der Waals surface area contributed by atoms with Gasteiger partial charge >= 0.3 is 12.1 Å². The van der Waals surface area contributed by atoms with Gasteiger partial charge in [0.2, 0.25) is 5.88 Å². The lowest BCUT2D eigenvalue weighted by atomic mass is 9.93. The predicted molar refractivity (Wildman–Crippen MR) is 316 cm³/mol. The summed E-state index contributed by atoms with van der Waals surface area (Å²) in [6.45, 7) is 16.7. The van der Waals surface area contributed by atoms with Gasteiger partial charge in [-0.2, -0.15) is 0 Å². The molecule has 21 nitrogen and oxygen atoms in total. The zero-order chi connectivity index (χ0) is 56.5. The number of amides is 4. The van der Waals surface area contributed by atoms with Gasteiger partial charge in [0.1, 0.15) is 28.8 Å². The van der Waals surface area contributed by atoms with Crippen LogP contribution >= 0.6 is 23.1 Å². The normalized spacial score (nSPS) is 17.3. The number of carbonyl (C=O) groups excluding carboxylic acids is 2. The van der Waals surface area contributed by atoms with E-state index in [1.54, 1.807) is 19.2 Å². The van der Waals surface area contributed by atoms with E-state index in [1.807, 2.05) is 112 Å². The zero-order valence-corrected chi connectivity index (χ0v) is 47.6. The monoisotopic (exact) mass is 1140 g/mol. The first-order valence-electron chi connectivity index (χ1n) is 26.9. The molecule has 6 N–H and O–H groups in total. The number of hydrogen-bond acceptors (Lipinski definition) is 18. The average Bonchev–Trinajstić information content (AvgIpc) is 3.71. The Hall–Kier alpha value is -7.67. The fraction of sp³-hybridized carbons (Fsp3) is 0.379. The first kappa shape index (κ1) is 55.2. The maximum absolute atomic E-state index is 13.3. The summed E-state index contributed by atoms with van der Waals surface area (Å²) < 4.78 is 30.7. The molecule has 2 aliphatic carbocycles. The number of aromatic nitrogens is 5. The summed E-state index contributed by atoms with van der Waals surface area (Å²) in [5.74, 6) is 2.36. The van der Waals surface area contributed by atoms with Gasteiger partial charge in [-0.1, -0.05) is 91.1 Å². The van der Waals surface area contributed by atoms with E-state index >= 15 is 0 Å². The van der Waals surface area contributed by atoms with E-state index in [9.17, 15) is 14.7 Å². The smallest absolute Gasteiger partial charge is 0.324 e. The Morgan fingerprint density at radius 2 is 1.57 bits per heavy atom. The Balaban J connectivity index is 0.662. The summed E-state index contributed by atoms with van der Waals surface area (Å²) in [4.78, 5) is 49.1. The number of thioether (sulfide) groups is 1. The number of urea groups is 2. The van der Waals surface area contributed by atoms with Crippen molar-refractivity contribution in [2.75, 3.05) is 67.9 Å². The second kappa shape index (κ2) is 22.7. The molecule has 1 atom stereocenters. The number of methoxy groups -OCH3 is 1. The summed E-state index contributed by atoms with van der Waals surface area (Å²) in [7, 11) is 1.70. The average molecular weight is 1140 g/mol. The Labute approximate surface area is 476 Å². The molecule has 23 heteroatoms. The fourth-order valence-electron chi connectivity index (χ4n) is 9.99. The number of aliphatic imine (C=N–C) groups is 2. The first-order valence-corrected chi connectivity index (χ1v) is 28.5. The molecule has 422 valence electrons. The second-order valence-corrected chi connectivity index (χ2v) is 24.2. The van der Waals surface area contributed by atoms with Gasteiger partial charge in [-0.25, -0.2) is 29.5 Å². The Kier molecular flexibility index (Phi) is 15.5. The molecule has 2 fully saturated rings. The van der Waals surface area contributed by atoms with Crippen LogP contribution in [0.2, 0.25) is 0 Å². The minimum atomic E-state index is -0.751. The van der Waals surface area contributed by atoms with Gasteiger partial charge < -0.3 is 44.3 Å². The molecule has 4 amide bonds. The van der Waals surface area contributed by atoms with Gasteiger partial charge in [0, 0.05) is 72.9 Å². The van der Waals surface area contributed by atoms with E-state index in [-0.39, 0.29) is 29.3 Å². The number of anilines is 4. The number of β-amino-alcohol motifs (C(OH)–C–C–N with tert-alkyl or cyclic N) is 1. The van der Waals surface area contributed by atoms with Crippen LogP contribution in [-0.2, 0) is 20.4 Å². The third-order valence-corrected chi connectivity index (χ3v) is 17.0. The van der Waals surface area contributed by atoms with Crippen molar-refractivity contribution < 1.29 is 38.0 Å². The highest BCUT2D eigenvalue weighted by Gasteiger charge is 2.55. The van der Waals surface area contributed by atoms with Crippen LogP contribution in [0, 0.1) is 5.92 Å². The third kappa shape index (κ3) is 12.3. The van der Waals surface area contributed by atoms with Crippen molar-refractivity contribution in [1.29, 1.82) is 0 Å². The maximum atomic E-state index is 13.3.